The molecule has 1 aromatic heterocycles. The predicted octanol–water partition coefficient (Wildman–Crippen LogP) is 1.27. The van der Waals surface area contributed by atoms with Gasteiger partial charge in [-0.25, -0.2) is 0 Å². The smallest absolute Gasteiger partial charge is 0.178 e. The molecule has 0 saturated heterocycles. The third-order valence-electron chi connectivity index (χ3n) is 2.19. The number of hydrogen-bond donors (Lipinski definition) is 1. The molecule has 0 aromatic carbocycles. The van der Waals surface area contributed by atoms with Crippen LogP contribution in [0.3, 0.4) is 0 Å². The van der Waals surface area contributed by atoms with Crippen LogP contribution >= 0.6 is 0 Å². The van der Waals surface area contributed by atoms with Crippen molar-refractivity contribution in [2.45, 2.75) is 6.92 Å². The van der Waals surface area contributed by atoms with Crippen molar-refractivity contribution < 1.29 is 9.90 Å². The molecule has 0 aliphatic carbocycles. The van der Waals surface area contributed by atoms with Gasteiger partial charge in [0, 0.05) is 20.0 Å². The number of aliphatic hydroxyl groups excluding tert-OH is 1. The number of ketones is 1. The van der Waals surface area contributed by atoms with Crippen LogP contribution in [-0.2, 0) is 0 Å². The zero-order chi connectivity index (χ0) is 12.0. The van der Waals surface area contributed by atoms with Crippen molar-refractivity contribution in [1.82, 2.24) is 4.98 Å². The van der Waals surface area contributed by atoms with E-state index in [0.717, 1.165) is 5.69 Å². The molecule has 86 valence electrons. The summed E-state index contributed by atoms with van der Waals surface area (Å²) in [4.78, 5) is 17.0. The minimum absolute atomic E-state index is 0.0519. The number of hydrogen-bond acceptors (Lipinski definition) is 4. The molecule has 0 radical (unpaired) electrons. The number of rotatable bonds is 6. The lowest BCUT2D eigenvalue weighted by Crippen LogP contribution is -2.26. The van der Waals surface area contributed by atoms with Crippen LogP contribution in [0.25, 0.3) is 0 Å². The van der Waals surface area contributed by atoms with E-state index in [1.165, 1.54) is 6.92 Å². The van der Waals surface area contributed by atoms with E-state index >= 15 is 0 Å². The second-order valence-corrected chi connectivity index (χ2v) is 3.42. The zero-order valence-electron chi connectivity index (χ0n) is 9.39. The van der Waals surface area contributed by atoms with Crippen LogP contribution in [0.2, 0.25) is 0 Å². The van der Waals surface area contributed by atoms with Gasteiger partial charge in [-0.05, 0) is 12.1 Å². The maximum atomic E-state index is 11.0. The van der Waals surface area contributed by atoms with Gasteiger partial charge in [0.2, 0.25) is 0 Å². The number of anilines is 1. The van der Waals surface area contributed by atoms with Crippen LogP contribution in [-0.4, -0.2) is 35.6 Å². The Hall–Kier alpha value is -1.68. The van der Waals surface area contributed by atoms with Gasteiger partial charge in [-0.15, -0.1) is 6.58 Å². The summed E-state index contributed by atoms with van der Waals surface area (Å²) < 4.78 is 0. The topological polar surface area (TPSA) is 53.4 Å². The number of aliphatic hydroxyl groups is 1. The van der Waals surface area contributed by atoms with Crippen molar-refractivity contribution in [2.75, 3.05) is 24.6 Å². The lowest BCUT2D eigenvalue weighted by atomic mass is 10.2. The SMILES string of the molecule is C=CCN(CCO)c1ccc(C(C)=O)nc1. The highest BCUT2D eigenvalue weighted by Crippen LogP contribution is 2.12. The van der Waals surface area contributed by atoms with Crippen molar-refractivity contribution >= 4 is 11.5 Å². The Labute approximate surface area is 95.2 Å². The van der Waals surface area contributed by atoms with Crippen molar-refractivity contribution in [3.63, 3.8) is 0 Å². The maximum absolute atomic E-state index is 11.0. The summed E-state index contributed by atoms with van der Waals surface area (Å²) in [5.74, 6) is -0.0519. The average molecular weight is 220 g/mol. The van der Waals surface area contributed by atoms with Crippen molar-refractivity contribution in [2.24, 2.45) is 0 Å². The fourth-order valence-electron chi connectivity index (χ4n) is 1.38. The third-order valence-corrected chi connectivity index (χ3v) is 2.19. The fourth-order valence-corrected chi connectivity index (χ4v) is 1.38. The number of Topliss-reactive ketones (excluding diaryl/α,β-unsaturated/α-hetero) is 1. The Kier molecular flexibility index (Phi) is 4.66. The maximum Gasteiger partial charge on any atom is 0.178 e. The van der Waals surface area contributed by atoms with Crippen LogP contribution in [0.1, 0.15) is 17.4 Å². The van der Waals surface area contributed by atoms with Crippen molar-refractivity contribution in [3.05, 3.63) is 36.7 Å². The van der Waals surface area contributed by atoms with E-state index in [4.69, 9.17) is 5.11 Å². The first kappa shape index (κ1) is 12.4. The van der Waals surface area contributed by atoms with E-state index in [1.807, 2.05) is 11.0 Å². The van der Waals surface area contributed by atoms with Gasteiger partial charge in [0.25, 0.3) is 0 Å². The van der Waals surface area contributed by atoms with E-state index in [9.17, 15) is 4.79 Å². The summed E-state index contributed by atoms with van der Waals surface area (Å²) in [6, 6.07) is 3.51. The second kappa shape index (κ2) is 6.02. The van der Waals surface area contributed by atoms with E-state index < -0.39 is 0 Å². The van der Waals surface area contributed by atoms with Gasteiger partial charge in [0.15, 0.2) is 5.78 Å². The Bertz CT molecular complexity index is 360. The van der Waals surface area contributed by atoms with Crippen LogP contribution in [0, 0.1) is 0 Å². The Balaban J connectivity index is 2.84. The van der Waals surface area contributed by atoms with Crippen LogP contribution < -0.4 is 4.90 Å². The molecule has 0 spiro atoms. The molecular weight excluding hydrogens is 204 g/mol. The minimum atomic E-state index is -0.0519. The first-order chi connectivity index (χ1) is 7.69. The molecule has 0 saturated carbocycles. The summed E-state index contributed by atoms with van der Waals surface area (Å²) in [5.41, 5.74) is 1.32. The highest BCUT2D eigenvalue weighted by Gasteiger charge is 2.06. The van der Waals surface area contributed by atoms with Gasteiger partial charge in [-0.1, -0.05) is 6.08 Å². The van der Waals surface area contributed by atoms with E-state index in [1.54, 1.807) is 18.3 Å². The molecule has 4 nitrogen and oxygen atoms in total. The quantitative estimate of drug-likeness (QED) is 0.579. The Morgan fingerprint density at radius 2 is 2.38 bits per heavy atom. The lowest BCUT2D eigenvalue weighted by molar-refractivity contribution is 0.101. The van der Waals surface area contributed by atoms with Crippen LogP contribution in [0.5, 0.6) is 0 Å². The molecule has 4 heteroatoms. The Morgan fingerprint density at radius 1 is 1.62 bits per heavy atom. The monoisotopic (exact) mass is 220 g/mol. The summed E-state index contributed by atoms with van der Waals surface area (Å²) in [7, 11) is 0. The van der Waals surface area contributed by atoms with E-state index in [-0.39, 0.29) is 12.4 Å². The molecule has 0 unspecified atom stereocenters. The van der Waals surface area contributed by atoms with Gasteiger partial charge in [-0.2, -0.15) is 0 Å². The molecule has 0 amide bonds. The normalized spacial score (nSPS) is 9.88. The lowest BCUT2D eigenvalue weighted by Gasteiger charge is -2.21. The van der Waals surface area contributed by atoms with Crippen molar-refractivity contribution in [1.29, 1.82) is 0 Å². The minimum Gasteiger partial charge on any atom is -0.395 e. The molecule has 1 N–H and O–H groups in total. The van der Waals surface area contributed by atoms with Crippen molar-refractivity contribution in [3.8, 4) is 0 Å². The number of carbonyl (C=O) groups is 1. The Morgan fingerprint density at radius 3 is 2.81 bits per heavy atom. The first-order valence-electron chi connectivity index (χ1n) is 5.12. The third kappa shape index (κ3) is 3.17. The first-order valence-corrected chi connectivity index (χ1v) is 5.12. The van der Waals surface area contributed by atoms with Gasteiger partial charge >= 0.3 is 0 Å². The highest BCUT2D eigenvalue weighted by atomic mass is 16.3. The van der Waals surface area contributed by atoms with E-state index in [0.29, 0.717) is 18.8 Å². The molecule has 0 atom stereocenters. The predicted molar refractivity (Wildman–Crippen MR) is 63.7 cm³/mol. The fraction of sp³-hybridized carbons (Fsp3) is 0.333. The van der Waals surface area contributed by atoms with Gasteiger partial charge in [0.05, 0.1) is 18.5 Å². The molecule has 0 aliphatic rings. The standard InChI is InChI=1S/C12H16N2O2/c1-3-6-14(7-8-15)11-4-5-12(10(2)16)13-9-11/h3-5,9,15H,1,6-8H2,2H3. The molecule has 0 fully saturated rings. The number of carbonyl (C=O) groups excluding carboxylic acids is 1. The molecule has 1 heterocycles. The molecular formula is C12H16N2O2. The van der Waals surface area contributed by atoms with E-state index in [2.05, 4.69) is 11.6 Å². The molecule has 0 aliphatic heterocycles. The zero-order valence-corrected chi connectivity index (χ0v) is 9.39. The molecule has 16 heavy (non-hydrogen) atoms. The van der Waals surface area contributed by atoms with Gasteiger partial charge in [-0.3, -0.25) is 9.78 Å². The van der Waals surface area contributed by atoms with Crippen LogP contribution in [0.15, 0.2) is 31.0 Å². The summed E-state index contributed by atoms with van der Waals surface area (Å²) >= 11 is 0. The highest BCUT2D eigenvalue weighted by molar-refractivity contribution is 5.92. The van der Waals surface area contributed by atoms with Gasteiger partial charge < -0.3 is 10.0 Å². The summed E-state index contributed by atoms with van der Waals surface area (Å²) in [5, 5.41) is 8.92. The number of nitrogens with zero attached hydrogens (tertiary/aromatic N) is 2. The average Bonchev–Trinajstić information content (AvgIpc) is 2.29. The number of aromatic nitrogens is 1. The molecule has 1 rings (SSSR count). The van der Waals surface area contributed by atoms with Gasteiger partial charge in [0.1, 0.15) is 5.69 Å². The second-order valence-electron chi connectivity index (χ2n) is 3.42. The molecule has 1 aromatic rings. The largest absolute Gasteiger partial charge is 0.395 e. The summed E-state index contributed by atoms with van der Waals surface area (Å²) in [6.45, 7) is 6.37. The molecule has 0 bridgehead atoms. The summed E-state index contributed by atoms with van der Waals surface area (Å²) in [6.07, 6.45) is 3.39. The number of pyridine rings is 1. The van der Waals surface area contributed by atoms with Crippen LogP contribution in [0.4, 0.5) is 5.69 Å².